The SMILES string of the molecule is CC(C)(C)OC(=O)C(C)(C)C(=O)c1ccc([N+](=O)[O-])cc1. The fourth-order valence-corrected chi connectivity index (χ4v) is 1.59. The lowest BCUT2D eigenvalue weighted by Gasteiger charge is -2.27. The molecular weight excluding hydrogens is 274 g/mol. The van der Waals surface area contributed by atoms with Gasteiger partial charge >= 0.3 is 5.97 Å². The van der Waals surface area contributed by atoms with Crippen LogP contribution in [0.3, 0.4) is 0 Å². The molecule has 21 heavy (non-hydrogen) atoms. The van der Waals surface area contributed by atoms with E-state index in [0.29, 0.717) is 0 Å². The van der Waals surface area contributed by atoms with Crippen molar-refractivity contribution in [2.45, 2.75) is 40.2 Å². The van der Waals surface area contributed by atoms with Gasteiger partial charge in [0.05, 0.1) is 4.92 Å². The molecule has 0 fully saturated rings. The summed E-state index contributed by atoms with van der Waals surface area (Å²) < 4.78 is 5.24. The number of rotatable bonds is 4. The maximum atomic E-state index is 12.4. The number of nitrogens with zero attached hydrogens (tertiary/aromatic N) is 1. The van der Waals surface area contributed by atoms with Crippen molar-refractivity contribution in [1.82, 2.24) is 0 Å². The number of ketones is 1. The molecule has 0 aromatic heterocycles. The summed E-state index contributed by atoms with van der Waals surface area (Å²) in [7, 11) is 0. The molecule has 6 heteroatoms. The highest BCUT2D eigenvalue weighted by molar-refractivity contribution is 6.11. The van der Waals surface area contributed by atoms with Crippen LogP contribution in [0.1, 0.15) is 45.0 Å². The first-order chi connectivity index (χ1) is 9.45. The molecule has 0 saturated heterocycles. The fourth-order valence-electron chi connectivity index (χ4n) is 1.59. The molecule has 6 nitrogen and oxygen atoms in total. The van der Waals surface area contributed by atoms with Crippen LogP contribution in [0.25, 0.3) is 0 Å². The summed E-state index contributed by atoms with van der Waals surface area (Å²) in [5, 5.41) is 10.6. The molecule has 0 aliphatic rings. The maximum Gasteiger partial charge on any atom is 0.319 e. The monoisotopic (exact) mass is 293 g/mol. The second-order valence-corrected chi connectivity index (χ2v) is 6.26. The van der Waals surface area contributed by atoms with Gasteiger partial charge in [0.25, 0.3) is 5.69 Å². The van der Waals surface area contributed by atoms with E-state index in [4.69, 9.17) is 4.74 Å². The van der Waals surface area contributed by atoms with Crippen molar-refractivity contribution in [3.8, 4) is 0 Å². The van der Waals surface area contributed by atoms with Crippen molar-refractivity contribution in [3.05, 3.63) is 39.9 Å². The summed E-state index contributed by atoms with van der Waals surface area (Å²) in [6.45, 7) is 8.11. The van der Waals surface area contributed by atoms with Crippen molar-refractivity contribution in [3.63, 3.8) is 0 Å². The number of benzene rings is 1. The average Bonchev–Trinajstić information content (AvgIpc) is 2.35. The molecule has 114 valence electrons. The number of ether oxygens (including phenoxy) is 1. The van der Waals surface area contributed by atoms with E-state index in [1.54, 1.807) is 20.8 Å². The zero-order chi connectivity index (χ0) is 16.4. The molecule has 0 bridgehead atoms. The molecule has 0 aliphatic carbocycles. The Bertz CT molecular complexity index is 567. The number of carbonyl (C=O) groups excluding carboxylic acids is 2. The van der Waals surface area contributed by atoms with E-state index in [9.17, 15) is 19.7 Å². The van der Waals surface area contributed by atoms with E-state index >= 15 is 0 Å². The number of Topliss-reactive ketones (excluding diaryl/α,β-unsaturated/α-hetero) is 1. The molecule has 1 rings (SSSR count). The Morgan fingerprint density at radius 1 is 1.05 bits per heavy atom. The molecule has 0 N–H and O–H groups in total. The third-order valence-corrected chi connectivity index (χ3v) is 2.82. The number of hydrogen-bond donors (Lipinski definition) is 0. The first kappa shape index (κ1) is 16.8. The van der Waals surface area contributed by atoms with E-state index in [0.717, 1.165) is 0 Å². The predicted octanol–water partition coefficient (Wildman–Crippen LogP) is 3.15. The predicted molar refractivity (Wildman–Crippen MR) is 77.1 cm³/mol. The number of carbonyl (C=O) groups is 2. The summed E-state index contributed by atoms with van der Waals surface area (Å²) >= 11 is 0. The minimum absolute atomic E-state index is 0.110. The molecule has 0 spiro atoms. The first-order valence-corrected chi connectivity index (χ1v) is 6.48. The van der Waals surface area contributed by atoms with Gasteiger partial charge < -0.3 is 4.74 Å². The second-order valence-electron chi connectivity index (χ2n) is 6.26. The van der Waals surface area contributed by atoms with Gasteiger partial charge in [-0.2, -0.15) is 0 Å². The zero-order valence-electron chi connectivity index (χ0n) is 12.8. The van der Waals surface area contributed by atoms with Crippen LogP contribution in [0.5, 0.6) is 0 Å². The maximum absolute atomic E-state index is 12.4. The van der Waals surface area contributed by atoms with Gasteiger partial charge in [-0.25, -0.2) is 0 Å². The summed E-state index contributed by atoms with van der Waals surface area (Å²) in [4.78, 5) is 34.6. The smallest absolute Gasteiger partial charge is 0.319 e. The summed E-state index contributed by atoms with van der Waals surface area (Å²) in [5.41, 5.74) is -1.92. The number of nitro benzene ring substituents is 1. The second kappa shape index (κ2) is 5.63. The molecule has 0 amide bonds. The number of hydrogen-bond acceptors (Lipinski definition) is 5. The molecule has 1 aromatic rings. The Morgan fingerprint density at radius 3 is 1.90 bits per heavy atom. The fraction of sp³-hybridized carbons (Fsp3) is 0.467. The van der Waals surface area contributed by atoms with Crippen LogP contribution in [-0.4, -0.2) is 22.3 Å². The van der Waals surface area contributed by atoms with E-state index in [1.165, 1.54) is 38.1 Å². The normalized spacial score (nSPS) is 11.9. The van der Waals surface area contributed by atoms with Crippen molar-refractivity contribution in [2.24, 2.45) is 5.41 Å². The standard InChI is InChI=1S/C15H19NO5/c1-14(2,3)21-13(18)15(4,5)12(17)10-6-8-11(9-7-10)16(19)20/h6-9H,1-5H3. The van der Waals surface area contributed by atoms with Gasteiger partial charge in [-0.3, -0.25) is 19.7 Å². The Labute approximate surface area is 123 Å². The molecule has 0 radical (unpaired) electrons. The Kier molecular flexibility index (Phi) is 4.51. The minimum atomic E-state index is -1.36. The molecule has 0 heterocycles. The number of nitro groups is 1. The van der Waals surface area contributed by atoms with Gasteiger partial charge in [-0.15, -0.1) is 0 Å². The van der Waals surface area contributed by atoms with Crippen LogP contribution in [0, 0.1) is 15.5 Å². The molecule has 1 aromatic carbocycles. The van der Waals surface area contributed by atoms with Gasteiger partial charge in [0, 0.05) is 17.7 Å². The van der Waals surface area contributed by atoms with Crippen LogP contribution < -0.4 is 0 Å². The van der Waals surface area contributed by atoms with E-state index in [-0.39, 0.29) is 11.3 Å². The van der Waals surface area contributed by atoms with Crippen LogP contribution in [0.2, 0.25) is 0 Å². The average molecular weight is 293 g/mol. The quantitative estimate of drug-likeness (QED) is 0.280. The van der Waals surface area contributed by atoms with Crippen molar-refractivity contribution >= 4 is 17.4 Å². The molecular formula is C15H19NO5. The van der Waals surface area contributed by atoms with Crippen LogP contribution in [0.4, 0.5) is 5.69 Å². The molecule has 0 saturated carbocycles. The Hall–Kier alpha value is -2.24. The Balaban J connectivity index is 3.00. The van der Waals surface area contributed by atoms with Crippen LogP contribution in [-0.2, 0) is 9.53 Å². The highest BCUT2D eigenvalue weighted by Crippen LogP contribution is 2.27. The Morgan fingerprint density at radius 2 is 1.52 bits per heavy atom. The largest absolute Gasteiger partial charge is 0.459 e. The first-order valence-electron chi connectivity index (χ1n) is 6.48. The minimum Gasteiger partial charge on any atom is -0.459 e. The highest BCUT2D eigenvalue weighted by Gasteiger charge is 2.40. The van der Waals surface area contributed by atoms with Crippen molar-refractivity contribution in [1.29, 1.82) is 0 Å². The van der Waals surface area contributed by atoms with Crippen LogP contribution >= 0.6 is 0 Å². The van der Waals surface area contributed by atoms with Crippen molar-refractivity contribution in [2.75, 3.05) is 0 Å². The van der Waals surface area contributed by atoms with Gasteiger partial charge in [-0.05, 0) is 46.8 Å². The van der Waals surface area contributed by atoms with Gasteiger partial charge in [0.1, 0.15) is 11.0 Å². The summed E-state index contributed by atoms with van der Waals surface area (Å²) in [5.74, 6) is -1.06. The van der Waals surface area contributed by atoms with Crippen LogP contribution in [0.15, 0.2) is 24.3 Å². The number of non-ortho nitro benzene ring substituents is 1. The molecule has 0 atom stereocenters. The lowest BCUT2D eigenvalue weighted by Crippen LogP contribution is -2.39. The van der Waals surface area contributed by atoms with Gasteiger partial charge in [-0.1, -0.05) is 0 Å². The van der Waals surface area contributed by atoms with E-state index < -0.39 is 27.7 Å². The van der Waals surface area contributed by atoms with E-state index in [1.807, 2.05) is 0 Å². The van der Waals surface area contributed by atoms with Gasteiger partial charge in [0.15, 0.2) is 5.78 Å². The lowest BCUT2D eigenvalue weighted by atomic mass is 9.84. The van der Waals surface area contributed by atoms with Crippen molar-refractivity contribution < 1.29 is 19.2 Å². The summed E-state index contributed by atoms with van der Waals surface area (Å²) in [6, 6.07) is 5.15. The molecule has 0 unspecified atom stereocenters. The topological polar surface area (TPSA) is 86.5 Å². The molecule has 0 aliphatic heterocycles. The third-order valence-electron chi connectivity index (χ3n) is 2.82. The zero-order valence-corrected chi connectivity index (χ0v) is 12.8. The van der Waals surface area contributed by atoms with E-state index in [2.05, 4.69) is 0 Å². The third kappa shape index (κ3) is 4.11. The van der Waals surface area contributed by atoms with Gasteiger partial charge in [0.2, 0.25) is 0 Å². The lowest BCUT2D eigenvalue weighted by molar-refractivity contribution is -0.384. The summed E-state index contributed by atoms with van der Waals surface area (Å²) in [6.07, 6.45) is 0. The highest BCUT2D eigenvalue weighted by atomic mass is 16.6. The number of esters is 1.